The van der Waals surface area contributed by atoms with Gasteiger partial charge < -0.3 is 9.88 Å². The van der Waals surface area contributed by atoms with E-state index in [0.717, 1.165) is 31.6 Å². The molecule has 0 spiro atoms. The number of imidazole rings is 1. The lowest BCUT2D eigenvalue weighted by Gasteiger charge is -2.16. The Morgan fingerprint density at radius 1 is 1.37 bits per heavy atom. The summed E-state index contributed by atoms with van der Waals surface area (Å²) in [4.78, 5) is 4.95. The largest absolute Gasteiger partial charge is 0.328 e. The minimum Gasteiger partial charge on any atom is -0.328 e. The molecule has 0 aliphatic carbocycles. The highest BCUT2D eigenvalue weighted by Crippen LogP contribution is 2.30. The van der Waals surface area contributed by atoms with Crippen LogP contribution in [0.1, 0.15) is 37.6 Å². The molecule has 0 saturated carbocycles. The maximum absolute atomic E-state index is 4.95. The average Bonchev–Trinajstić information content (AvgIpc) is 2.94. The van der Waals surface area contributed by atoms with Crippen molar-refractivity contribution in [1.82, 2.24) is 14.9 Å². The van der Waals surface area contributed by atoms with Gasteiger partial charge in [-0.05, 0) is 43.5 Å². The summed E-state index contributed by atoms with van der Waals surface area (Å²) in [6.07, 6.45) is 1.15. The van der Waals surface area contributed by atoms with Crippen molar-refractivity contribution in [3.63, 3.8) is 0 Å². The number of hydrogen-bond donors (Lipinski definition) is 1. The summed E-state index contributed by atoms with van der Waals surface area (Å²) in [5.74, 6) is 2.51. The van der Waals surface area contributed by atoms with Gasteiger partial charge in [0.05, 0.1) is 11.0 Å². The Labute approximate surface area is 115 Å². The van der Waals surface area contributed by atoms with Crippen molar-refractivity contribution in [2.45, 2.75) is 39.7 Å². The Morgan fingerprint density at radius 3 is 2.89 bits per heavy atom. The van der Waals surface area contributed by atoms with Crippen LogP contribution in [0.15, 0.2) is 18.2 Å². The molecule has 0 bridgehead atoms. The second kappa shape index (κ2) is 4.97. The van der Waals surface area contributed by atoms with Crippen molar-refractivity contribution in [1.29, 1.82) is 0 Å². The summed E-state index contributed by atoms with van der Waals surface area (Å²) in [6, 6.07) is 6.62. The topological polar surface area (TPSA) is 29.9 Å². The van der Waals surface area contributed by atoms with Crippen LogP contribution in [0.2, 0.25) is 0 Å². The molecule has 1 saturated heterocycles. The van der Waals surface area contributed by atoms with Crippen LogP contribution in [0.25, 0.3) is 11.0 Å². The minimum atomic E-state index is 0.555. The molecule has 1 aromatic carbocycles. The number of nitrogens with one attached hydrogen (secondary N) is 1. The van der Waals surface area contributed by atoms with E-state index in [1.807, 2.05) is 0 Å². The number of hydrogen-bond acceptors (Lipinski definition) is 2. The monoisotopic (exact) mass is 257 g/mol. The van der Waals surface area contributed by atoms with Crippen molar-refractivity contribution in [2.75, 3.05) is 13.1 Å². The quantitative estimate of drug-likeness (QED) is 0.915. The maximum Gasteiger partial charge on any atom is 0.114 e. The van der Waals surface area contributed by atoms with E-state index in [1.54, 1.807) is 0 Å². The Kier molecular flexibility index (Phi) is 3.31. The van der Waals surface area contributed by atoms with Crippen LogP contribution < -0.4 is 5.32 Å². The highest BCUT2D eigenvalue weighted by molar-refractivity contribution is 5.77. The Balaban J connectivity index is 2.13. The van der Waals surface area contributed by atoms with Gasteiger partial charge in [0.1, 0.15) is 5.82 Å². The first-order chi connectivity index (χ1) is 9.20. The van der Waals surface area contributed by atoms with Crippen LogP contribution >= 0.6 is 0 Å². The molecule has 3 heteroatoms. The van der Waals surface area contributed by atoms with E-state index in [-0.39, 0.29) is 0 Å². The van der Waals surface area contributed by atoms with Gasteiger partial charge in [-0.2, -0.15) is 0 Å². The number of nitrogens with zero attached hydrogens (tertiary/aromatic N) is 2. The average molecular weight is 257 g/mol. The fourth-order valence-corrected chi connectivity index (χ4v) is 3.16. The van der Waals surface area contributed by atoms with Crippen LogP contribution in [0.4, 0.5) is 0 Å². The molecule has 19 heavy (non-hydrogen) atoms. The summed E-state index contributed by atoms with van der Waals surface area (Å²) in [7, 11) is 0. The standard InChI is InChI=1S/C16H23N3/c1-4-7-19-15-6-5-11(2)8-14(15)18-16(19)13-10-17-9-12(13)3/h5-6,8,12-13,17H,4,7,9-10H2,1-3H3. The SMILES string of the molecule is CCCn1c(C2CNCC2C)nc2cc(C)ccc21. The number of aromatic nitrogens is 2. The lowest BCUT2D eigenvalue weighted by atomic mass is 9.97. The predicted molar refractivity (Wildman–Crippen MR) is 79.5 cm³/mol. The molecule has 2 atom stereocenters. The molecule has 1 N–H and O–H groups in total. The van der Waals surface area contributed by atoms with Gasteiger partial charge in [-0.15, -0.1) is 0 Å². The van der Waals surface area contributed by atoms with Gasteiger partial charge in [0.15, 0.2) is 0 Å². The van der Waals surface area contributed by atoms with Gasteiger partial charge in [-0.1, -0.05) is 19.9 Å². The zero-order chi connectivity index (χ0) is 13.4. The van der Waals surface area contributed by atoms with E-state index in [0.29, 0.717) is 11.8 Å². The third-order valence-electron chi connectivity index (χ3n) is 4.23. The van der Waals surface area contributed by atoms with Gasteiger partial charge in [0.2, 0.25) is 0 Å². The van der Waals surface area contributed by atoms with Crippen LogP contribution in [-0.4, -0.2) is 22.6 Å². The van der Waals surface area contributed by atoms with Crippen molar-refractivity contribution < 1.29 is 0 Å². The van der Waals surface area contributed by atoms with E-state index >= 15 is 0 Å². The fourth-order valence-electron chi connectivity index (χ4n) is 3.16. The molecule has 2 aromatic rings. The summed E-state index contributed by atoms with van der Waals surface area (Å²) in [6.45, 7) is 9.94. The molecule has 1 fully saturated rings. The first-order valence-corrected chi connectivity index (χ1v) is 7.38. The molecule has 2 unspecified atom stereocenters. The first kappa shape index (κ1) is 12.7. The summed E-state index contributed by atoms with van der Waals surface area (Å²) < 4.78 is 2.43. The van der Waals surface area contributed by atoms with Crippen LogP contribution in [0.5, 0.6) is 0 Å². The molecule has 3 rings (SSSR count). The molecule has 1 aliphatic rings. The predicted octanol–water partition coefficient (Wildman–Crippen LogP) is 3.08. The Hall–Kier alpha value is -1.35. The van der Waals surface area contributed by atoms with E-state index in [2.05, 4.69) is 48.9 Å². The minimum absolute atomic E-state index is 0.555. The van der Waals surface area contributed by atoms with Gasteiger partial charge in [0, 0.05) is 19.0 Å². The molecule has 0 radical (unpaired) electrons. The lowest BCUT2D eigenvalue weighted by Crippen LogP contribution is -2.15. The zero-order valence-corrected chi connectivity index (χ0v) is 12.1. The molecular weight excluding hydrogens is 234 g/mol. The van der Waals surface area contributed by atoms with Gasteiger partial charge >= 0.3 is 0 Å². The molecule has 102 valence electrons. The van der Waals surface area contributed by atoms with Crippen LogP contribution in [-0.2, 0) is 6.54 Å². The number of fused-ring (bicyclic) bond motifs is 1. The molecule has 3 nitrogen and oxygen atoms in total. The van der Waals surface area contributed by atoms with E-state index in [9.17, 15) is 0 Å². The Morgan fingerprint density at radius 2 is 2.21 bits per heavy atom. The number of rotatable bonds is 3. The normalized spacial score (nSPS) is 23.3. The van der Waals surface area contributed by atoms with Crippen LogP contribution in [0, 0.1) is 12.8 Å². The second-order valence-electron chi connectivity index (χ2n) is 5.86. The summed E-state index contributed by atoms with van der Waals surface area (Å²) in [5.41, 5.74) is 3.74. The van der Waals surface area contributed by atoms with Gasteiger partial charge in [-0.3, -0.25) is 0 Å². The summed E-state index contributed by atoms with van der Waals surface area (Å²) >= 11 is 0. The number of benzene rings is 1. The smallest absolute Gasteiger partial charge is 0.114 e. The van der Waals surface area contributed by atoms with Crippen LogP contribution in [0.3, 0.4) is 0 Å². The highest BCUT2D eigenvalue weighted by Gasteiger charge is 2.29. The van der Waals surface area contributed by atoms with E-state index < -0.39 is 0 Å². The lowest BCUT2D eigenvalue weighted by molar-refractivity contribution is 0.514. The van der Waals surface area contributed by atoms with Crippen molar-refractivity contribution in [2.24, 2.45) is 5.92 Å². The van der Waals surface area contributed by atoms with E-state index in [1.165, 1.54) is 16.9 Å². The van der Waals surface area contributed by atoms with Crippen molar-refractivity contribution in [3.05, 3.63) is 29.6 Å². The zero-order valence-electron chi connectivity index (χ0n) is 12.1. The third-order valence-corrected chi connectivity index (χ3v) is 4.23. The fraction of sp³-hybridized carbons (Fsp3) is 0.562. The molecule has 2 heterocycles. The van der Waals surface area contributed by atoms with Crippen molar-refractivity contribution in [3.8, 4) is 0 Å². The van der Waals surface area contributed by atoms with Gasteiger partial charge in [0.25, 0.3) is 0 Å². The highest BCUT2D eigenvalue weighted by atomic mass is 15.1. The van der Waals surface area contributed by atoms with Crippen molar-refractivity contribution >= 4 is 11.0 Å². The van der Waals surface area contributed by atoms with E-state index in [4.69, 9.17) is 4.98 Å². The molecule has 0 amide bonds. The molecular formula is C16H23N3. The Bertz CT molecular complexity index is 585. The number of aryl methyl sites for hydroxylation is 2. The molecule has 1 aromatic heterocycles. The second-order valence-corrected chi connectivity index (χ2v) is 5.86. The summed E-state index contributed by atoms with van der Waals surface area (Å²) in [5, 5.41) is 3.49. The maximum atomic E-state index is 4.95. The first-order valence-electron chi connectivity index (χ1n) is 7.38. The third kappa shape index (κ3) is 2.16. The molecule has 1 aliphatic heterocycles. The van der Waals surface area contributed by atoms with Gasteiger partial charge in [-0.25, -0.2) is 4.98 Å².